The van der Waals surface area contributed by atoms with Crippen LogP contribution in [0.2, 0.25) is 0 Å². The van der Waals surface area contributed by atoms with Crippen molar-refractivity contribution in [2.24, 2.45) is 0 Å². The van der Waals surface area contributed by atoms with E-state index in [2.05, 4.69) is 54.2 Å². The van der Waals surface area contributed by atoms with Crippen molar-refractivity contribution in [2.45, 2.75) is 68.9 Å². The van der Waals surface area contributed by atoms with Crippen LogP contribution in [0.1, 0.15) is 57.9 Å². The van der Waals surface area contributed by atoms with Crippen molar-refractivity contribution in [3.63, 3.8) is 0 Å². The summed E-state index contributed by atoms with van der Waals surface area (Å²) in [6, 6.07) is 6.69. The molecule has 0 atom stereocenters. The van der Waals surface area contributed by atoms with E-state index in [9.17, 15) is 0 Å². The van der Waals surface area contributed by atoms with Gasteiger partial charge < -0.3 is 20.1 Å². The number of nitrogens with one attached hydrogen (secondary N) is 2. The third kappa shape index (κ3) is 6.58. The van der Waals surface area contributed by atoms with Crippen molar-refractivity contribution in [3.8, 4) is 11.8 Å². The summed E-state index contributed by atoms with van der Waals surface area (Å²) in [6.45, 7) is 3.93. The number of ether oxygens (including phenoxy) is 2. The maximum absolute atomic E-state index is 5.77. The van der Waals surface area contributed by atoms with E-state index < -0.39 is 0 Å². The highest BCUT2D eigenvalue weighted by Gasteiger charge is 2.16. The maximum atomic E-state index is 5.77. The van der Waals surface area contributed by atoms with Gasteiger partial charge in [-0.2, -0.15) is 15.0 Å². The zero-order chi connectivity index (χ0) is 20.6. The second-order valence-electron chi connectivity index (χ2n) is 7.55. The minimum absolute atomic E-state index is 0.0115. The second-order valence-corrected chi connectivity index (χ2v) is 8.31. The SMILES string of the molecule is COc1ccc(Nc2nc(NC3CCCCCC3)nc(OC(C)C)n2)cc1CI. The molecular formula is C21H30IN5O2. The zero-order valence-corrected chi connectivity index (χ0v) is 19.5. The van der Waals surface area contributed by atoms with Crippen LogP contribution in [0.15, 0.2) is 18.2 Å². The van der Waals surface area contributed by atoms with Crippen molar-refractivity contribution in [3.05, 3.63) is 23.8 Å². The lowest BCUT2D eigenvalue weighted by molar-refractivity contribution is 0.222. The first kappa shape index (κ1) is 21.9. The predicted molar refractivity (Wildman–Crippen MR) is 125 cm³/mol. The molecule has 1 aliphatic rings. The number of benzene rings is 1. The molecule has 0 spiro atoms. The van der Waals surface area contributed by atoms with Gasteiger partial charge in [-0.15, -0.1) is 0 Å². The molecule has 1 aromatic heterocycles. The Labute approximate surface area is 186 Å². The molecule has 0 radical (unpaired) electrons. The van der Waals surface area contributed by atoms with Crippen molar-refractivity contribution >= 4 is 40.2 Å². The molecule has 0 saturated heterocycles. The molecule has 1 aliphatic carbocycles. The van der Waals surface area contributed by atoms with Crippen molar-refractivity contribution < 1.29 is 9.47 Å². The first-order valence-corrected chi connectivity index (χ1v) is 11.8. The Balaban J connectivity index is 1.82. The third-order valence-electron chi connectivity index (χ3n) is 4.82. The Morgan fingerprint density at radius 2 is 1.79 bits per heavy atom. The van der Waals surface area contributed by atoms with E-state index in [1.807, 2.05) is 26.0 Å². The quantitative estimate of drug-likeness (QED) is 0.276. The number of hydrogen-bond donors (Lipinski definition) is 2. The first-order chi connectivity index (χ1) is 14.1. The Bertz CT molecular complexity index is 795. The van der Waals surface area contributed by atoms with Crippen LogP contribution in [0.5, 0.6) is 11.8 Å². The summed E-state index contributed by atoms with van der Waals surface area (Å²) in [5.74, 6) is 1.91. The van der Waals surface area contributed by atoms with E-state index in [1.165, 1.54) is 25.7 Å². The summed E-state index contributed by atoms with van der Waals surface area (Å²) >= 11 is 2.33. The molecule has 2 aromatic rings. The number of anilines is 3. The van der Waals surface area contributed by atoms with Gasteiger partial charge in [-0.25, -0.2) is 0 Å². The Morgan fingerprint density at radius 1 is 1.07 bits per heavy atom. The summed E-state index contributed by atoms with van der Waals surface area (Å²) in [7, 11) is 1.69. The van der Waals surface area contributed by atoms with Crippen LogP contribution in [0.3, 0.4) is 0 Å². The van der Waals surface area contributed by atoms with Gasteiger partial charge in [0.25, 0.3) is 0 Å². The lowest BCUT2D eigenvalue weighted by Gasteiger charge is -2.18. The summed E-state index contributed by atoms with van der Waals surface area (Å²) in [5, 5.41) is 6.79. The number of methoxy groups -OCH3 is 1. The van der Waals surface area contributed by atoms with Crippen LogP contribution < -0.4 is 20.1 Å². The average molecular weight is 511 g/mol. The normalized spacial score (nSPS) is 15.1. The van der Waals surface area contributed by atoms with Crippen molar-refractivity contribution in [1.29, 1.82) is 0 Å². The molecule has 29 heavy (non-hydrogen) atoms. The molecule has 1 saturated carbocycles. The van der Waals surface area contributed by atoms with Gasteiger partial charge in [0.05, 0.1) is 13.2 Å². The maximum Gasteiger partial charge on any atom is 0.323 e. The van der Waals surface area contributed by atoms with Crippen molar-refractivity contribution in [2.75, 3.05) is 17.7 Å². The first-order valence-electron chi connectivity index (χ1n) is 10.3. The molecular weight excluding hydrogens is 481 g/mol. The number of alkyl halides is 1. The fourth-order valence-electron chi connectivity index (χ4n) is 3.44. The molecule has 3 rings (SSSR count). The van der Waals surface area contributed by atoms with E-state index in [0.29, 0.717) is 23.9 Å². The number of halogens is 1. The number of aromatic nitrogens is 3. The van der Waals surface area contributed by atoms with E-state index in [0.717, 1.165) is 34.3 Å². The van der Waals surface area contributed by atoms with Crippen LogP contribution in [0.4, 0.5) is 17.6 Å². The molecule has 7 nitrogen and oxygen atoms in total. The van der Waals surface area contributed by atoms with Gasteiger partial charge in [0, 0.05) is 21.7 Å². The van der Waals surface area contributed by atoms with Crippen LogP contribution in [0.25, 0.3) is 0 Å². The summed E-state index contributed by atoms with van der Waals surface area (Å²) in [6.07, 6.45) is 7.38. The van der Waals surface area contributed by atoms with Gasteiger partial charge in [-0.1, -0.05) is 48.3 Å². The highest BCUT2D eigenvalue weighted by Crippen LogP contribution is 2.27. The van der Waals surface area contributed by atoms with Crippen LogP contribution in [-0.4, -0.2) is 34.2 Å². The predicted octanol–water partition coefficient (Wildman–Crippen LogP) is 5.48. The van der Waals surface area contributed by atoms with E-state index in [-0.39, 0.29) is 6.10 Å². The molecule has 8 heteroatoms. The molecule has 158 valence electrons. The number of hydrogen-bond acceptors (Lipinski definition) is 7. The lowest BCUT2D eigenvalue weighted by atomic mass is 10.1. The molecule has 1 heterocycles. The highest BCUT2D eigenvalue weighted by molar-refractivity contribution is 14.1. The van der Waals surface area contributed by atoms with Gasteiger partial charge in [-0.05, 0) is 44.9 Å². The Kier molecular flexibility index (Phi) is 8.14. The van der Waals surface area contributed by atoms with Crippen LogP contribution >= 0.6 is 22.6 Å². The molecule has 2 N–H and O–H groups in total. The van der Waals surface area contributed by atoms with Gasteiger partial charge in [-0.3, -0.25) is 0 Å². The third-order valence-corrected chi connectivity index (χ3v) is 5.65. The van der Waals surface area contributed by atoms with Gasteiger partial charge >= 0.3 is 6.01 Å². The Morgan fingerprint density at radius 3 is 2.45 bits per heavy atom. The van der Waals surface area contributed by atoms with E-state index >= 15 is 0 Å². The lowest BCUT2D eigenvalue weighted by Crippen LogP contribution is -2.21. The smallest absolute Gasteiger partial charge is 0.323 e. The van der Waals surface area contributed by atoms with Crippen LogP contribution in [-0.2, 0) is 4.43 Å². The van der Waals surface area contributed by atoms with E-state index in [4.69, 9.17) is 9.47 Å². The minimum atomic E-state index is -0.0115. The molecule has 0 bridgehead atoms. The average Bonchev–Trinajstić information content (AvgIpc) is 2.96. The second kappa shape index (κ2) is 10.8. The fourth-order valence-corrected chi connectivity index (χ4v) is 4.03. The topological polar surface area (TPSA) is 81.2 Å². The van der Waals surface area contributed by atoms with Crippen LogP contribution in [0, 0.1) is 0 Å². The summed E-state index contributed by atoms with van der Waals surface area (Å²) in [4.78, 5) is 13.5. The molecule has 1 aromatic carbocycles. The van der Waals surface area contributed by atoms with Gasteiger partial charge in [0.1, 0.15) is 5.75 Å². The van der Waals surface area contributed by atoms with E-state index in [1.54, 1.807) is 7.11 Å². The number of rotatable bonds is 8. The standard InChI is InChI=1S/C21H30IN5O2/c1-14(2)29-21-26-19(23-16-8-6-4-5-7-9-16)25-20(27-21)24-17-10-11-18(28-3)15(12-17)13-22/h10-12,14,16H,4-9,13H2,1-3H3,(H2,23,24,25,26,27). The molecule has 0 aliphatic heterocycles. The zero-order valence-electron chi connectivity index (χ0n) is 17.4. The minimum Gasteiger partial charge on any atom is -0.496 e. The monoisotopic (exact) mass is 511 g/mol. The largest absolute Gasteiger partial charge is 0.496 e. The summed E-state index contributed by atoms with van der Waals surface area (Å²) < 4.78 is 12.0. The van der Waals surface area contributed by atoms with Gasteiger partial charge in [0.15, 0.2) is 0 Å². The van der Waals surface area contributed by atoms with Gasteiger partial charge in [0.2, 0.25) is 11.9 Å². The Hall–Kier alpha value is -1.84. The molecule has 0 unspecified atom stereocenters. The number of nitrogens with zero attached hydrogens (tertiary/aromatic N) is 3. The van der Waals surface area contributed by atoms with Crippen molar-refractivity contribution in [1.82, 2.24) is 15.0 Å². The molecule has 1 fully saturated rings. The summed E-state index contributed by atoms with van der Waals surface area (Å²) in [5.41, 5.74) is 2.02. The fraction of sp³-hybridized carbons (Fsp3) is 0.571. The highest BCUT2D eigenvalue weighted by atomic mass is 127. The molecule has 0 amide bonds.